The van der Waals surface area contributed by atoms with E-state index in [2.05, 4.69) is 5.32 Å². The van der Waals surface area contributed by atoms with Crippen molar-refractivity contribution < 1.29 is 19.0 Å². The van der Waals surface area contributed by atoms with E-state index in [1.165, 1.54) is 12.1 Å². The molecule has 4 nitrogen and oxygen atoms in total. The highest BCUT2D eigenvalue weighted by molar-refractivity contribution is 5.79. The Morgan fingerprint density at radius 3 is 2.90 bits per heavy atom. The molecule has 1 saturated carbocycles. The first-order chi connectivity index (χ1) is 9.47. The molecule has 2 N–H and O–H groups in total. The Kier molecular flexibility index (Phi) is 4.28. The molecule has 2 unspecified atom stereocenters. The third-order valence-corrected chi connectivity index (χ3v) is 4.02. The number of hydrogen-bond donors (Lipinski definition) is 2. The molecule has 1 aliphatic carbocycles. The maximum Gasteiger partial charge on any atom is 0.324 e. The number of carboxylic acids is 1. The van der Waals surface area contributed by atoms with Crippen LogP contribution < -0.4 is 10.1 Å². The van der Waals surface area contributed by atoms with Crippen LogP contribution in [0.5, 0.6) is 5.75 Å². The lowest BCUT2D eigenvalue weighted by atomic mass is 9.80. The van der Waals surface area contributed by atoms with Gasteiger partial charge in [0.25, 0.3) is 0 Å². The quantitative estimate of drug-likeness (QED) is 0.890. The summed E-state index contributed by atoms with van der Waals surface area (Å²) in [5.41, 5.74) is -0.197. The number of rotatable bonds is 4. The summed E-state index contributed by atoms with van der Waals surface area (Å²) in [6.07, 6.45) is 2.44. The average molecular weight is 281 g/mol. The third-order valence-electron chi connectivity index (χ3n) is 4.02. The van der Waals surface area contributed by atoms with Gasteiger partial charge in [0.2, 0.25) is 0 Å². The Labute approximate surface area is 117 Å². The number of nitrogens with one attached hydrogen (secondary N) is 1. The van der Waals surface area contributed by atoms with Crippen molar-refractivity contribution in [1.29, 1.82) is 0 Å². The molecule has 0 radical (unpaired) electrons. The Bertz CT molecular complexity index is 506. The van der Waals surface area contributed by atoms with Gasteiger partial charge in [0.05, 0.1) is 0 Å². The summed E-state index contributed by atoms with van der Waals surface area (Å²) >= 11 is 0. The van der Waals surface area contributed by atoms with Crippen molar-refractivity contribution in [3.05, 3.63) is 29.6 Å². The molecular weight excluding hydrogens is 261 g/mol. The minimum Gasteiger partial charge on any atom is -0.490 e. The highest BCUT2D eigenvalue weighted by Crippen LogP contribution is 2.32. The van der Waals surface area contributed by atoms with E-state index in [4.69, 9.17) is 4.74 Å². The molecule has 2 atom stereocenters. The topological polar surface area (TPSA) is 58.6 Å². The molecular formula is C15H20FNO3. The summed E-state index contributed by atoms with van der Waals surface area (Å²) in [6, 6.07) is 4.37. The minimum atomic E-state index is -0.920. The molecule has 20 heavy (non-hydrogen) atoms. The number of hydrogen-bond acceptors (Lipinski definition) is 3. The summed E-state index contributed by atoms with van der Waals surface area (Å²) in [7, 11) is 1.67. The van der Waals surface area contributed by atoms with Crippen molar-refractivity contribution in [3.63, 3.8) is 0 Å². The van der Waals surface area contributed by atoms with Crippen molar-refractivity contribution in [2.24, 2.45) is 0 Å². The van der Waals surface area contributed by atoms with E-state index in [-0.39, 0.29) is 11.9 Å². The lowest BCUT2D eigenvalue weighted by Crippen LogP contribution is -2.55. The molecule has 1 fully saturated rings. The van der Waals surface area contributed by atoms with Crippen LogP contribution in [-0.2, 0) is 4.79 Å². The lowest BCUT2D eigenvalue weighted by molar-refractivity contribution is -0.147. The normalized spacial score (nSPS) is 26.2. The van der Waals surface area contributed by atoms with Crippen LogP contribution in [0, 0.1) is 12.7 Å². The average Bonchev–Trinajstić information content (AvgIpc) is 2.42. The monoisotopic (exact) mass is 281 g/mol. The zero-order chi connectivity index (χ0) is 14.8. The molecule has 0 aliphatic heterocycles. The van der Waals surface area contributed by atoms with Crippen molar-refractivity contribution in [2.45, 2.75) is 44.2 Å². The van der Waals surface area contributed by atoms with Crippen LogP contribution in [0.3, 0.4) is 0 Å². The van der Waals surface area contributed by atoms with E-state index in [0.29, 0.717) is 18.6 Å². The molecule has 1 aromatic rings. The predicted molar refractivity (Wildman–Crippen MR) is 73.4 cm³/mol. The molecule has 0 bridgehead atoms. The molecule has 1 aliphatic rings. The zero-order valence-electron chi connectivity index (χ0n) is 11.8. The van der Waals surface area contributed by atoms with Crippen molar-refractivity contribution >= 4 is 5.97 Å². The van der Waals surface area contributed by atoms with Crippen LogP contribution >= 0.6 is 0 Å². The van der Waals surface area contributed by atoms with Gasteiger partial charge in [0, 0.05) is 6.42 Å². The second-order valence-electron chi connectivity index (χ2n) is 5.38. The maximum absolute atomic E-state index is 13.1. The lowest BCUT2D eigenvalue weighted by Gasteiger charge is -2.37. The number of ether oxygens (including phenoxy) is 1. The highest BCUT2D eigenvalue weighted by atomic mass is 19.1. The molecule has 0 saturated heterocycles. The van der Waals surface area contributed by atoms with Gasteiger partial charge in [-0.05, 0) is 57.0 Å². The fourth-order valence-corrected chi connectivity index (χ4v) is 2.78. The second-order valence-corrected chi connectivity index (χ2v) is 5.38. The van der Waals surface area contributed by atoms with Gasteiger partial charge >= 0.3 is 5.97 Å². The van der Waals surface area contributed by atoms with Gasteiger partial charge in [-0.2, -0.15) is 0 Å². The molecule has 5 heteroatoms. The first kappa shape index (κ1) is 14.8. The SMILES string of the molecule is CNC1(C(=O)O)CCCC(Oc2ccc(F)cc2C)C1. The Hall–Kier alpha value is -1.62. The summed E-state index contributed by atoms with van der Waals surface area (Å²) in [5, 5.41) is 12.3. The Morgan fingerprint density at radius 2 is 2.30 bits per heavy atom. The van der Waals surface area contributed by atoms with E-state index in [9.17, 15) is 14.3 Å². The maximum atomic E-state index is 13.1. The van der Waals surface area contributed by atoms with Gasteiger partial charge in [0.15, 0.2) is 0 Å². The third kappa shape index (κ3) is 2.93. The smallest absolute Gasteiger partial charge is 0.324 e. The predicted octanol–water partition coefficient (Wildman–Crippen LogP) is 2.50. The summed E-state index contributed by atoms with van der Waals surface area (Å²) in [4.78, 5) is 11.4. The zero-order valence-corrected chi connectivity index (χ0v) is 11.8. The molecule has 0 spiro atoms. The second kappa shape index (κ2) is 5.79. The van der Waals surface area contributed by atoms with Gasteiger partial charge < -0.3 is 15.2 Å². The number of halogens is 1. The van der Waals surface area contributed by atoms with Crippen LogP contribution in [0.2, 0.25) is 0 Å². The molecule has 0 amide bonds. The molecule has 2 rings (SSSR count). The first-order valence-corrected chi connectivity index (χ1v) is 6.82. The molecule has 110 valence electrons. The first-order valence-electron chi connectivity index (χ1n) is 6.82. The summed E-state index contributed by atoms with van der Waals surface area (Å²) < 4.78 is 18.9. The van der Waals surface area contributed by atoms with Crippen LogP contribution in [0.25, 0.3) is 0 Å². The van der Waals surface area contributed by atoms with Crippen LogP contribution in [-0.4, -0.2) is 29.8 Å². The number of likely N-dealkylation sites (N-methyl/N-ethyl adjacent to an activating group) is 1. The van der Waals surface area contributed by atoms with Crippen LogP contribution in [0.15, 0.2) is 18.2 Å². The fraction of sp³-hybridized carbons (Fsp3) is 0.533. The molecule has 0 aromatic heterocycles. The van der Waals surface area contributed by atoms with E-state index in [1.54, 1.807) is 20.0 Å². The van der Waals surface area contributed by atoms with E-state index >= 15 is 0 Å². The fourth-order valence-electron chi connectivity index (χ4n) is 2.78. The number of aryl methyl sites for hydroxylation is 1. The van der Waals surface area contributed by atoms with Gasteiger partial charge in [-0.1, -0.05) is 0 Å². The van der Waals surface area contributed by atoms with Gasteiger partial charge in [-0.25, -0.2) is 4.39 Å². The largest absolute Gasteiger partial charge is 0.490 e. The van der Waals surface area contributed by atoms with Crippen molar-refractivity contribution in [3.8, 4) is 5.75 Å². The summed E-state index contributed by atoms with van der Waals surface area (Å²) in [6.45, 7) is 1.78. The van der Waals surface area contributed by atoms with E-state index < -0.39 is 11.5 Å². The minimum absolute atomic E-state index is 0.170. The number of carboxylic acid groups (broad SMARTS) is 1. The van der Waals surface area contributed by atoms with Gasteiger partial charge in [-0.3, -0.25) is 4.79 Å². The van der Waals surface area contributed by atoms with E-state index in [1.807, 2.05) is 0 Å². The highest BCUT2D eigenvalue weighted by Gasteiger charge is 2.42. The summed E-state index contributed by atoms with van der Waals surface area (Å²) in [5.74, 6) is -0.522. The van der Waals surface area contributed by atoms with E-state index in [0.717, 1.165) is 18.4 Å². The Morgan fingerprint density at radius 1 is 1.55 bits per heavy atom. The molecule has 0 heterocycles. The van der Waals surface area contributed by atoms with Crippen molar-refractivity contribution in [2.75, 3.05) is 7.05 Å². The van der Waals surface area contributed by atoms with Gasteiger partial charge in [-0.15, -0.1) is 0 Å². The number of benzene rings is 1. The number of aliphatic carboxylic acids is 1. The molecule has 1 aromatic carbocycles. The standard InChI is InChI=1S/C15H20FNO3/c1-10-8-11(16)5-6-13(10)20-12-4-3-7-15(9-12,17-2)14(18)19/h5-6,8,12,17H,3-4,7,9H2,1-2H3,(H,18,19). The van der Waals surface area contributed by atoms with Gasteiger partial charge in [0.1, 0.15) is 23.2 Å². The van der Waals surface area contributed by atoms with Crippen LogP contribution in [0.1, 0.15) is 31.2 Å². The number of carbonyl (C=O) groups is 1. The Balaban J connectivity index is 2.11. The van der Waals surface area contributed by atoms with Crippen LogP contribution in [0.4, 0.5) is 4.39 Å². The van der Waals surface area contributed by atoms with Crippen molar-refractivity contribution in [1.82, 2.24) is 5.32 Å².